The van der Waals surface area contributed by atoms with Gasteiger partial charge in [0.05, 0.1) is 19.8 Å². The summed E-state index contributed by atoms with van der Waals surface area (Å²) in [6.45, 7) is 3.67. The summed E-state index contributed by atoms with van der Waals surface area (Å²) in [5, 5.41) is 11.2. The molecule has 0 spiro atoms. The lowest BCUT2D eigenvalue weighted by molar-refractivity contribution is -0.0344. The summed E-state index contributed by atoms with van der Waals surface area (Å²) in [5.41, 5.74) is 6.96. The number of piperidine rings is 2. The van der Waals surface area contributed by atoms with Crippen LogP contribution < -0.4 is 16.0 Å². The molecule has 4 aliphatic rings. The normalized spacial score (nSPS) is 25.8. The number of allylic oxidation sites excluding steroid dienone is 1. The van der Waals surface area contributed by atoms with E-state index >= 15 is 0 Å². The van der Waals surface area contributed by atoms with E-state index in [1.165, 1.54) is 0 Å². The van der Waals surface area contributed by atoms with Crippen molar-refractivity contribution in [2.45, 2.75) is 82.5 Å². The molecule has 3 saturated heterocycles. The van der Waals surface area contributed by atoms with Gasteiger partial charge in [-0.25, -0.2) is 9.78 Å². The van der Waals surface area contributed by atoms with E-state index in [2.05, 4.69) is 10.2 Å². The predicted molar refractivity (Wildman–Crippen MR) is 145 cm³/mol. The Morgan fingerprint density at radius 3 is 2.61 bits per heavy atom. The fourth-order valence-electron chi connectivity index (χ4n) is 5.91. The molecule has 0 unspecified atom stereocenters. The third-order valence-corrected chi connectivity index (χ3v) is 7.77. The monoisotopic (exact) mass is 525 g/mol. The highest BCUT2D eigenvalue weighted by Crippen LogP contribution is 2.37. The van der Waals surface area contributed by atoms with Gasteiger partial charge in [0, 0.05) is 56.2 Å². The average molecular weight is 526 g/mol. The largest absolute Gasteiger partial charge is 0.491 e. The SMILES string of the molecule is C/C(N)=C/C(=N)Nc1cc(C2=CCCO2)nc(N(C)[C@@H]2C[C@H]3CCC[C@@H](C2)N3C(=O)OC2CCOCC2)n1. The fourth-order valence-corrected chi connectivity index (χ4v) is 5.91. The van der Waals surface area contributed by atoms with Crippen molar-refractivity contribution in [3.63, 3.8) is 0 Å². The van der Waals surface area contributed by atoms with Crippen LogP contribution in [0.3, 0.4) is 0 Å². The molecular formula is C27H39N7O4. The number of nitrogens with zero attached hydrogens (tertiary/aromatic N) is 4. The Hall–Kier alpha value is -3.34. The second kappa shape index (κ2) is 11.6. The van der Waals surface area contributed by atoms with E-state index in [0.717, 1.165) is 57.1 Å². The number of aromatic nitrogens is 2. The first-order valence-electron chi connectivity index (χ1n) is 13.7. The maximum Gasteiger partial charge on any atom is 0.410 e. The molecule has 0 aliphatic carbocycles. The van der Waals surface area contributed by atoms with Crippen LogP contribution in [0.5, 0.6) is 0 Å². The molecule has 0 aromatic carbocycles. The summed E-state index contributed by atoms with van der Waals surface area (Å²) in [7, 11) is 2.01. The number of carbonyl (C=O) groups excluding carboxylic acids is 1. The van der Waals surface area contributed by atoms with Crippen LogP contribution in [-0.2, 0) is 14.2 Å². The number of nitrogens with two attached hydrogens (primary N) is 1. The summed E-state index contributed by atoms with van der Waals surface area (Å²) < 4.78 is 17.1. The maximum absolute atomic E-state index is 13.2. The van der Waals surface area contributed by atoms with Crippen molar-refractivity contribution in [2.24, 2.45) is 5.73 Å². The molecule has 0 saturated carbocycles. The van der Waals surface area contributed by atoms with Crippen LogP contribution in [0.4, 0.5) is 16.6 Å². The second-order valence-electron chi connectivity index (χ2n) is 10.6. The summed E-state index contributed by atoms with van der Waals surface area (Å²) in [4.78, 5) is 26.9. The highest BCUT2D eigenvalue weighted by molar-refractivity contribution is 6.01. The lowest BCUT2D eigenvalue weighted by Crippen LogP contribution is -2.59. The van der Waals surface area contributed by atoms with Crippen LogP contribution in [0.25, 0.3) is 5.76 Å². The predicted octanol–water partition coefficient (Wildman–Crippen LogP) is 3.63. The smallest absolute Gasteiger partial charge is 0.410 e. The first-order chi connectivity index (χ1) is 18.4. The van der Waals surface area contributed by atoms with Crippen molar-refractivity contribution in [3.05, 3.63) is 29.6 Å². The van der Waals surface area contributed by atoms with Gasteiger partial charge in [-0.05, 0) is 51.2 Å². The Bertz CT molecular complexity index is 1080. The molecule has 5 heterocycles. The summed E-state index contributed by atoms with van der Waals surface area (Å²) in [5.74, 6) is 1.94. The molecule has 5 rings (SSSR count). The van der Waals surface area contributed by atoms with E-state index in [4.69, 9.17) is 35.3 Å². The first-order valence-corrected chi connectivity index (χ1v) is 13.7. The molecular weight excluding hydrogens is 486 g/mol. The van der Waals surface area contributed by atoms with Crippen molar-refractivity contribution in [2.75, 3.05) is 37.1 Å². The summed E-state index contributed by atoms with van der Waals surface area (Å²) in [6, 6.07) is 2.24. The summed E-state index contributed by atoms with van der Waals surface area (Å²) in [6.07, 6.45) is 10.4. The number of anilines is 2. The molecule has 206 valence electrons. The van der Waals surface area contributed by atoms with E-state index < -0.39 is 0 Å². The lowest BCUT2D eigenvalue weighted by atomic mass is 9.81. The fraction of sp³-hybridized carbons (Fsp3) is 0.630. The first kappa shape index (κ1) is 26.3. The van der Waals surface area contributed by atoms with E-state index in [9.17, 15) is 4.79 Å². The van der Waals surface area contributed by atoms with Crippen LogP contribution >= 0.6 is 0 Å². The van der Waals surface area contributed by atoms with E-state index in [1.54, 1.807) is 19.1 Å². The highest BCUT2D eigenvalue weighted by atomic mass is 16.6. The molecule has 4 N–H and O–H groups in total. The number of hydrogen-bond acceptors (Lipinski definition) is 9. The second-order valence-corrected chi connectivity index (χ2v) is 10.6. The molecule has 2 bridgehead atoms. The van der Waals surface area contributed by atoms with Gasteiger partial charge < -0.3 is 35.1 Å². The zero-order valence-corrected chi connectivity index (χ0v) is 22.3. The van der Waals surface area contributed by atoms with Crippen LogP contribution in [0.1, 0.15) is 64.0 Å². The zero-order valence-electron chi connectivity index (χ0n) is 22.3. The number of fused-ring (bicyclic) bond motifs is 2. The number of hydrogen-bond donors (Lipinski definition) is 3. The van der Waals surface area contributed by atoms with Crippen molar-refractivity contribution < 1.29 is 19.0 Å². The minimum atomic E-state index is -0.176. The minimum absolute atomic E-state index is 0.0526. The van der Waals surface area contributed by atoms with Gasteiger partial charge in [0.2, 0.25) is 5.95 Å². The number of rotatable bonds is 6. The van der Waals surface area contributed by atoms with Crippen molar-refractivity contribution in [3.8, 4) is 0 Å². The molecule has 38 heavy (non-hydrogen) atoms. The highest BCUT2D eigenvalue weighted by Gasteiger charge is 2.43. The number of nitrogens with one attached hydrogen (secondary N) is 2. The molecule has 4 aliphatic heterocycles. The van der Waals surface area contributed by atoms with Crippen molar-refractivity contribution in [1.82, 2.24) is 14.9 Å². The Kier molecular flexibility index (Phi) is 8.01. The van der Waals surface area contributed by atoms with Crippen LogP contribution in [0, 0.1) is 5.41 Å². The third-order valence-electron chi connectivity index (χ3n) is 7.77. The molecule has 11 heteroatoms. The van der Waals surface area contributed by atoms with Crippen LogP contribution in [-0.4, -0.2) is 77.9 Å². The van der Waals surface area contributed by atoms with E-state index in [-0.39, 0.29) is 36.2 Å². The average Bonchev–Trinajstić information content (AvgIpc) is 3.42. The van der Waals surface area contributed by atoms with Gasteiger partial charge in [0.1, 0.15) is 29.2 Å². The Labute approximate surface area is 223 Å². The Morgan fingerprint density at radius 1 is 1.21 bits per heavy atom. The summed E-state index contributed by atoms with van der Waals surface area (Å²) >= 11 is 0. The minimum Gasteiger partial charge on any atom is -0.491 e. The van der Waals surface area contributed by atoms with Gasteiger partial charge in [-0.2, -0.15) is 4.98 Å². The molecule has 1 aromatic rings. The van der Waals surface area contributed by atoms with Gasteiger partial charge in [-0.3, -0.25) is 5.41 Å². The molecule has 0 radical (unpaired) electrons. The zero-order chi connectivity index (χ0) is 26.6. The number of ether oxygens (including phenoxy) is 3. The van der Waals surface area contributed by atoms with Crippen molar-refractivity contribution >= 4 is 29.5 Å². The maximum atomic E-state index is 13.2. The van der Waals surface area contributed by atoms with Crippen LogP contribution in [0.2, 0.25) is 0 Å². The molecule has 11 nitrogen and oxygen atoms in total. The van der Waals surface area contributed by atoms with Gasteiger partial charge in [0.15, 0.2) is 0 Å². The number of amidine groups is 1. The van der Waals surface area contributed by atoms with Gasteiger partial charge in [0.25, 0.3) is 0 Å². The molecule has 1 aromatic heterocycles. The third kappa shape index (κ3) is 6.03. The standard InChI is InChI=1S/C27H39N7O4/c1-17(28)13-24(29)31-25-16-22(23-7-4-10-37-23)30-26(32-25)33(2)20-14-18-5-3-6-19(15-20)34(18)27(35)38-21-8-11-36-12-9-21/h7,13,16,18-21H,3-6,8-12,14-15,28H2,1-2H3,(H2,29,30,31,32)/b17-13-/t18-,19+,20-. The number of amides is 1. The van der Waals surface area contributed by atoms with E-state index in [1.807, 2.05) is 18.0 Å². The number of carbonyl (C=O) groups is 1. The Balaban J connectivity index is 1.33. The van der Waals surface area contributed by atoms with Gasteiger partial charge in [-0.15, -0.1) is 0 Å². The molecule has 3 fully saturated rings. The lowest BCUT2D eigenvalue weighted by Gasteiger charge is -2.50. The molecule has 3 atom stereocenters. The van der Waals surface area contributed by atoms with E-state index in [0.29, 0.717) is 43.0 Å². The van der Waals surface area contributed by atoms with Gasteiger partial charge in [-0.1, -0.05) is 0 Å². The molecule has 1 amide bonds. The van der Waals surface area contributed by atoms with Crippen LogP contribution in [0.15, 0.2) is 23.9 Å². The Morgan fingerprint density at radius 2 is 1.95 bits per heavy atom. The quantitative estimate of drug-likeness (QED) is 0.375. The van der Waals surface area contributed by atoms with Gasteiger partial charge >= 0.3 is 6.09 Å². The van der Waals surface area contributed by atoms with Crippen molar-refractivity contribution in [1.29, 1.82) is 5.41 Å². The topological polar surface area (TPSA) is 139 Å².